The van der Waals surface area contributed by atoms with E-state index < -0.39 is 22.0 Å². The van der Waals surface area contributed by atoms with Crippen LogP contribution in [0.5, 0.6) is 5.75 Å². The molecule has 0 aliphatic carbocycles. The number of nitrogens with zero attached hydrogens (tertiary/aromatic N) is 1. The molecule has 0 saturated carbocycles. The summed E-state index contributed by atoms with van der Waals surface area (Å²) in [5.41, 5.74) is 1.83. The van der Waals surface area contributed by atoms with Crippen molar-refractivity contribution in [2.75, 3.05) is 22.5 Å². The first-order chi connectivity index (χ1) is 17.1. The first-order valence-electron chi connectivity index (χ1n) is 11.6. The zero-order chi connectivity index (χ0) is 26.3. The Hall–Kier alpha value is -3.85. The largest absolute Gasteiger partial charge is 0.494 e. The minimum Gasteiger partial charge on any atom is -0.494 e. The number of rotatable bonds is 10. The lowest BCUT2D eigenvalue weighted by atomic mass is 10.1. The topological polar surface area (TPSA) is 105 Å². The molecule has 0 saturated heterocycles. The zero-order valence-electron chi connectivity index (χ0n) is 20.8. The summed E-state index contributed by atoms with van der Waals surface area (Å²) in [6, 6.07) is 21.3. The molecule has 3 aromatic rings. The van der Waals surface area contributed by atoms with Crippen LogP contribution in [0.25, 0.3) is 0 Å². The number of hydrogen-bond donors (Lipinski definition) is 2. The number of ether oxygens (including phenoxy) is 1. The van der Waals surface area contributed by atoms with Crippen LogP contribution in [-0.4, -0.2) is 39.1 Å². The second-order valence-corrected chi connectivity index (χ2v) is 10.2. The van der Waals surface area contributed by atoms with E-state index in [0.717, 1.165) is 16.1 Å². The van der Waals surface area contributed by atoms with Gasteiger partial charge in [-0.3, -0.25) is 13.9 Å². The van der Waals surface area contributed by atoms with Crippen LogP contribution < -0.4 is 19.7 Å². The molecule has 0 aromatic heterocycles. The van der Waals surface area contributed by atoms with Gasteiger partial charge in [-0.1, -0.05) is 42.5 Å². The van der Waals surface area contributed by atoms with Crippen molar-refractivity contribution >= 4 is 33.2 Å². The molecule has 36 heavy (non-hydrogen) atoms. The van der Waals surface area contributed by atoms with Gasteiger partial charge < -0.3 is 15.4 Å². The van der Waals surface area contributed by atoms with Crippen molar-refractivity contribution in [2.45, 2.75) is 32.9 Å². The molecular formula is C27H31N3O5S. The Bertz CT molecular complexity index is 1290. The van der Waals surface area contributed by atoms with Crippen molar-refractivity contribution < 1.29 is 22.7 Å². The summed E-state index contributed by atoms with van der Waals surface area (Å²) in [6.07, 6.45) is 1.04. The molecule has 2 atom stereocenters. The Morgan fingerprint density at radius 3 is 2.14 bits per heavy atom. The summed E-state index contributed by atoms with van der Waals surface area (Å²) in [7, 11) is -3.80. The molecule has 0 aliphatic rings. The van der Waals surface area contributed by atoms with Crippen LogP contribution in [-0.2, 0) is 14.8 Å². The summed E-state index contributed by atoms with van der Waals surface area (Å²) in [4.78, 5) is 26.2. The number of anilines is 2. The van der Waals surface area contributed by atoms with Crippen LogP contribution in [0.3, 0.4) is 0 Å². The summed E-state index contributed by atoms with van der Waals surface area (Å²) in [6.45, 7) is 5.69. The fourth-order valence-corrected chi connectivity index (χ4v) is 4.97. The van der Waals surface area contributed by atoms with Crippen LogP contribution in [0.4, 0.5) is 11.4 Å². The summed E-state index contributed by atoms with van der Waals surface area (Å²) in [5, 5.41) is 5.66. The third kappa shape index (κ3) is 6.63. The van der Waals surface area contributed by atoms with Crippen molar-refractivity contribution in [2.24, 2.45) is 0 Å². The Labute approximate surface area is 212 Å². The predicted octanol–water partition coefficient (Wildman–Crippen LogP) is 4.37. The van der Waals surface area contributed by atoms with Crippen molar-refractivity contribution in [1.82, 2.24) is 5.32 Å². The number of para-hydroxylation sites is 1. The molecule has 3 rings (SSSR count). The molecule has 0 heterocycles. The van der Waals surface area contributed by atoms with E-state index in [4.69, 9.17) is 4.74 Å². The SMILES string of the molecule is CCOc1ccc(N([C@@H](C)C(=O)Nc2ccccc2C(=O)N[C@H](C)c2ccccc2)S(C)(=O)=O)cc1. The number of carbonyl (C=O) groups is 2. The normalized spacial score (nSPS) is 12.8. The molecule has 0 fully saturated rings. The second-order valence-electron chi connectivity index (χ2n) is 8.30. The minimum absolute atomic E-state index is 0.248. The highest BCUT2D eigenvalue weighted by molar-refractivity contribution is 7.92. The van der Waals surface area contributed by atoms with E-state index in [1.54, 1.807) is 48.5 Å². The first-order valence-corrected chi connectivity index (χ1v) is 13.4. The highest BCUT2D eigenvalue weighted by Crippen LogP contribution is 2.25. The van der Waals surface area contributed by atoms with E-state index in [9.17, 15) is 18.0 Å². The van der Waals surface area contributed by atoms with Gasteiger partial charge in [0.2, 0.25) is 15.9 Å². The number of carbonyl (C=O) groups excluding carboxylic acids is 2. The number of sulfonamides is 1. The average molecular weight is 510 g/mol. The van der Waals surface area contributed by atoms with Crippen LogP contribution in [0.15, 0.2) is 78.9 Å². The first kappa shape index (κ1) is 26.7. The van der Waals surface area contributed by atoms with Crippen LogP contribution in [0.2, 0.25) is 0 Å². The molecule has 0 spiro atoms. The minimum atomic E-state index is -3.80. The maximum absolute atomic E-state index is 13.2. The van der Waals surface area contributed by atoms with Crippen LogP contribution >= 0.6 is 0 Å². The Kier molecular flexibility index (Phi) is 8.71. The van der Waals surface area contributed by atoms with E-state index in [1.807, 2.05) is 44.2 Å². The fraction of sp³-hybridized carbons (Fsp3) is 0.259. The van der Waals surface area contributed by atoms with Gasteiger partial charge in [-0.05, 0) is 62.7 Å². The molecule has 9 heteroatoms. The lowest BCUT2D eigenvalue weighted by Crippen LogP contribution is -2.45. The molecule has 2 N–H and O–H groups in total. The third-order valence-corrected chi connectivity index (χ3v) is 6.81. The molecule has 0 radical (unpaired) electrons. The second kappa shape index (κ2) is 11.7. The zero-order valence-corrected chi connectivity index (χ0v) is 21.6. The smallest absolute Gasteiger partial charge is 0.253 e. The number of hydrogen-bond acceptors (Lipinski definition) is 5. The highest BCUT2D eigenvalue weighted by atomic mass is 32.2. The predicted molar refractivity (Wildman–Crippen MR) is 142 cm³/mol. The fourth-order valence-electron chi connectivity index (χ4n) is 3.79. The lowest BCUT2D eigenvalue weighted by Gasteiger charge is -2.28. The standard InChI is InChI=1S/C27H31N3O5S/c1-5-35-23-17-15-22(16-18-23)30(36(4,33)34)20(3)26(31)29-25-14-10-9-13-24(25)27(32)28-19(2)21-11-7-6-8-12-21/h6-20H,5H2,1-4H3,(H,28,32)(H,29,31)/t19-,20+/m1/s1. The van der Waals surface area contributed by atoms with Gasteiger partial charge in [-0.25, -0.2) is 8.42 Å². The van der Waals surface area contributed by atoms with Gasteiger partial charge in [0.05, 0.1) is 35.8 Å². The highest BCUT2D eigenvalue weighted by Gasteiger charge is 2.30. The van der Waals surface area contributed by atoms with E-state index in [0.29, 0.717) is 18.0 Å². The van der Waals surface area contributed by atoms with E-state index in [1.165, 1.54) is 6.92 Å². The van der Waals surface area contributed by atoms with Gasteiger partial charge in [-0.2, -0.15) is 0 Å². The number of amides is 2. The van der Waals surface area contributed by atoms with E-state index >= 15 is 0 Å². The molecule has 8 nitrogen and oxygen atoms in total. The van der Waals surface area contributed by atoms with Crippen molar-refractivity contribution in [1.29, 1.82) is 0 Å². The summed E-state index contributed by atoms with van der Waals surface area (Å²) in [5.74, 6) is -0.344. The molecule has 3 aromatic carbocycles. The lowest BCUT2D eigenvalue weighted by molar-refractivity contribution is -0.116. The van der Waals surface area contributed by atoms with E-state index in [-0.39, 0.29) is 23.2 Å². The van der Waals surface area contributed by atoms with Gasteiger partial charge in [0, 0.05) is 0 Å². The third-order valence-electron chi connectivity index (χ3n) is 5.57. The Morgan fingerprint density at radius 1 is 0.917 bits per heavy atom. The maximum atomic E-state index is 13.2. The Morgan fingerprint density at radius 2 is 1.53 bits per heavy atom. The van der Waals surface area contributed by atoms with Crippen LogP contribution in [0, 0.1) is 0 Å². The van der Waals surface area contributed by atoms with Gasteiger partial charge in [0.15, 0.2) is 0 Å². The molecule has 2 amide bonds. The van der Waals surface area contributed by atoms with Crippen LogP contribution in [0.1, 0.15) is 42.7 Å². The quantitative estimate of drug-likeness (QED) is 0.422. The van der Waals surface area contributed by atoms with Crippen molar-refractivity contribution in [3.8, 4) is 5.75 Å². The molecular weight excluding hydrogens is 478 g/mol. The average Bonchev–Trinajstić information content (AvgIpc) is 2.85. The van der Waals surface area contributed by atoms with Gasteiger partial charge in [0.1, 0.15) is 11.8 Å². The summed E-state index contributed by atoms with van der Waals surface area (Å²) >= 11 is 0. The van der Waals surface area contributed by atoms with Gasteiger partial charge >= 0.3 is 0 Å². The van der Waals surface area contributed by atoms with Crippen molar-refractivity contribution in [3.05, 3.63) is 90.0 Å². The van der Waals surface area contributed by atoms with Crippen molar-refractivity contribution in [3.63, 3.8) is 0 Å². The monoisotopic (exact) mass is 509 g/mol. The molecule has 0 unspecified atom stereocenters. The summed E-state index contributed by atoms with van der Waals surface area (Å²) < 4.78 is 31.7. The maximum Gasteiger partial charge on any atom is 0.253 e. The molecule has 0 bridgehead atoms. The number of nitrogens with one attached hydrogen (secondary N) is 2. The van der Waals surface area contributed by atoms with Gasteiger partial charge in [0.25, 0.3) is 5.91 Å². The number of benzene rings is 3. The molecule has 0 aliphatic heterocycles. The van der Waals surface area contributed by atoms with Gasteiger partial charge in [-0.15, -0.1) is 0 Å². The Balaban J connectivity index is 1.80. The molecule has 190 valence electrons. The van der Waals surface area contributed by atoms with E-state index in [2.05, 4.69) is 10.6 Å².